The highest BCUT2D eigenvalue weighted by Crippen LogP contribution is 2.45. The van der Waals surface area contributed by atoms with Gasteiger partial charge in [0.15, 0.2) is 11.5 Å². The summed E-state index contributed by atoms with van der Waals surface area (Å²) in [6, 6.07) is 11.7. The van der Waals surface area contributed by atoms with E-state index < -0.39 is 5.97 Å². The topological polar surface area (TPSA) is 60.7 Å². The maximum Gasteiger partial charge on any atom is 0.307 e. The molecule has 4 rings (SSSR count). The molecule has 0 spiro atoms. The van der Waals surface area contributed by atoms with Crippen molar-refractivity contribution in [3.05, 3.63) is 52.6 Å². The first-order chi connectivity index (χ1) is 11.6. The fourth-order valence-electron chi connectivity index (χ4n) is 3.05. The first-order valence-electron chi connectivity index (χ1n) is 7.54. The van der Waals surface area contributed by atoms with Crippen molar-refractivity contribution in [2.45, 2.75) is 6.42 Å². The third-order valence-corrected chi connectivity index (χ3v) is 4.59. The SMILES string of the molecule is O=C(O)Cc1cn(-c2ccccc2)c2c(Br)cc3c(c12)OCCO3. The molecule has 0 atom stereocenters. The molecule has 3 aromatic rings. The zero-order valence-electron chi connectivity index (χ0n) is 12.7. The van der Waals surface area contributed by atoms with Gasteiger partial charge < -0.3 is 19.1 Å². The van der Waals surface area contributed by atoms with Crippen LogP contribution in [0.1, 0.15) is 5.56 Å². The molecule has 2 heterocycles. The molecule has 2 aromatic carbocycles. The van der Waals surface area contributed by atoms with Crippen molar-refractivity contribution < 1.29 is 19.4 Å². The molecule has 1 aromatic heterocycles. The zero-order chi connectivity index (χ0) is 16.7. The molecule has 0 radical (unpaired) electrons. The molecular formula is C18H14BrNO4. The van der Waals surface area contributed by atoms with Gasteiger partial charge in [-0.15, -0.1) is 0 Å². The Kier molecular flexibility index (Phi) is 3.69. The Hall–Kier alpha value is -2.47. The number of hydrogen-bond donors (Lipinski definition) is 1. The van der Waals surface area contributed by atoms with Crippen LogP contribution in [-0.2, 0) is 11.2 Å². The van der Waals surface area contributed by atoms with Crippen molar-refractivity contribution in [1.82, 2.24) is 4.57 Å². The fraction of sp³-hybridized carbons (Fsp3) is 0.167. The quantitative estimate of drug-likeness (QED) is 0.742. The summed E-state index contributed by atoms with van der Waals surface area (Å²) in [7, 11) is 0. The van der Waals surface area contributed by atoms with Crippen LogP contribution in [0.2, 0.25) is 0 Å². The van der Waals surface area contributed by atoms with Gasteiger partial charge in [0.1, 0.15) is 13.2 Å². The van der Waals surface area contributed by atoms with E-state index in [4.69, 9.17) is 9.47 Å². The lowest BCUT2D eigenvalue weighted by Gasteiger charge is -2.20. The average molecular weight is 388 g/mol. The van der Waals surface area contributed by atoms with Crippen molar-refractivity contribution in [2.75, 3.05) is 13.2 Å². The second-order valence-electron chi connectivity index (χ2n) is 5.54. The van der Waals surface area contributed by atoms with Gasteiger partial charge in [-0.3, -0.25) is 4.79 Å². The highest BCUT2D eigenvalue weighted by Gasteiger charge is 2.24. The van der Waals surface area contributed by atoms with E-state index in [0.717, 1.165) is 21.1 Å². The summed E-state index contributed by atoms with van der Waals surface area (Å²) < 4.78 is 14.3. The maximum atomic E-state index is 11.3. The lowest BCUT2D eigenvalue weighted by atomic mass is 10.1. The number of carboxylic acids is 1. The minimum atomic E-state index is -0.882. The van der Waals surface area contributed by atoms with Gasteiger partial charge >= 0.3 is 5.97 Å². The first-order valence-corrected chi connectivity index (χ1v) is 8.33. The molecular weight excluding hydrogens is 374 g/mol. The van der Waals surface area contributed by atoms with Crippen LogP contribution in [0.3, 0.4) is 0 Å². The zero-order valence-corrected chi connectivity index (χ0v) is 14.2. The molecule has 5 nitrogen and oxygen atoms in total. The first kappa shape index (κ1) is 15.1. The van der Waals surface area contributed by atoms with Crippen LogP contribution in [0.25, 0.3) is 16.6 Å². The number of halogens is 1. The lowest BCUT2D eigenvalue weighted by Crippen LogP contribution is -2.16. The minimum absolute atomic E-state index is 0.0808. The number of aliphatic carboxylic acids is 1. The number of hydrogen-bond acceptors (Lipinski definition) is 3. The molecule has 0 aliphatic carbocycles. The molecule has 24 heavy (non-hydrogen) atoms. The number of rotatable bonds is 3. The molecule has 6 heteroatoms. The summed E-state index contributed by atoms with van der Waals surface area (Å²) in [6.45, 7) is 0.936. The number of fused-ring (bicyclic) bond motifs is 3. The summed E-state index contributed by atoms with van der Waals surface area (Å²) in [5.41, 5.74) is 2.53. The summed E-state index contributed by atoms with van der Waals surface area (Å²) in [6.07, 6.45) is 1.78. The number of ether oxygens (including phenoxy) is 2. The average Bonchev–Trinajstić information content (AvgIpc) is 2.95. The van der Waals surface area contributed by atoms with Gasteiger partial charge in [-0.25, -0.2) is 0 Å². The van der Waals surface area contributed by atoms with E-state index >= 15 is 0 Å². The molecule has 122 valence electrons. The standard InChI is InChI=1S/C18H14BrNO4/c19-13-9-14-18(24-7-6-23-14)16-11(8-15(21)22)10-20(17(13)16)12-4-2-1-3-5-12/h1-5,9-10H,6-8H2,(H,21,22). The number of benzene rings is 2. The molecule has 1 aliphatic heterocycles. The van der Waals surface area contributed by atoms with E-state index in [1.54, 1.807) is 0 Å². The predicted molar refractivity (Wildman–Crippen MR) is 93.3 cm³/mol. The fourth-order valence-corrected chi connectivity index (χ4v) is 3.65. The van der Waals surface area contributed by atoms with Crippen LogP contribution in [0.4, 0.5) is 0 Å². The van der Waals surface area contributed by atoms with Crippen LogP contribution < -0.4 is 9.47 Å². The highest BCUT2D eigenvalue weighted by atomic mass is 79.9. The number of carbonyl (C=O) groups is 1. The van der Waals surface area contributed by atoms with E-state index in [0.29, 0.717) is 30.3 Å². The van der Waals surface area contributed by atoms with Crippen molar-refractivity contribution in [3.8, 4) is 17.2 Å². The Bertz CT molecular complexity index is 933. The van der Waals surface area contributed by atoms with Crippen LogP contribution in [0.15, 0.2) is 47.1 Å². The largest absolute Gasteiger partial charge is 0.486 e. The monoisotopic (exact) mass is 387 g/mol. The van der Waals surface area contributed by atoms with Crippen LogP contribution in [0, 0.1) is 0 Å². The van der Waals surface area contributed by atoms with Gasteiger partial charge in [0.05, 0.1) is 17.3 Å². The number of carboxylic acid groups (broad SMARTS) is 1. The Morgan fingerprint density at radius 1 is 1.21 bits per heavy atom. The van der Waals surface area contributed by atoms with E-state index in [1.807, 2.05) is 47.2 Å². The van der Waals surface area contributed by atoms with Crippen molar-refractivity contribution in [3.63, 3.8) is 0 Å². The van der Waals surface area contributed by atoms with Crippen molar-refractivity contribution in [1.29, 1.82) is 0 Å². The summed E-state index contributed by atoms with van der Waals surface area (Å²) in [5, 5.41) is 10.1. The summed E-state index contributed by atoms with van der Waals surface area (Å²) in [4.78, 5) is 11.3. The number of aromatic nitrogens is 1. The molecule has 1 N–H and O–H groups in total. The van der Waals surface area contributed by atoms with Gasteiger partial charge in [0.2, 0.25) is 0 Å². The maximum absolute atomic E-state index is 11.3. The third-order valence-electron chi connectivity index (χ3n) is 3.98. The van der Waals surface area contributed by atoms with Crippen LogP contribution >= 0.6 is 15.9 Å². The Labute approximate surface area is 146 Å². The van der Waals surface area contributed by atoms with Crippen LogP contribution in [-0.4, -0.2) is 28.9 Å². The molecule has 1 aliphatic rings. The lowest BCUT2D eigenvalue weighted by molar-refractivity contribution is -0.136. The van der Waals surface area contributed by atoms with E-state index in [2.05, 4.69) is 15.9 Å². The molecule has 0 saturated carbocycles. The molecule has 0 fully saturated rings. The Balaban J connectivity index is 2.06. The van der Waals surface area contributed by atoms with Gasteiger partial charge in [-0.05, 0) is 33.6 Å². The molecule has 0 bridgehead atoms. The molecule has 0 amide bonds. The highest BCUT2D eigenvalue weighted by molar-refractivity contribution is 9.10. The van der Waals surface area contributed by atoms with Gasteiger partial charge in [0.25, 0.3) is 0 Å². The number of para-hydroxylation sites is 1. The Morgan fingerprint density at radius 3 is 2.71 bits per heavy atom. The van der Waals surface area contributed by atoms with Crippen molar-refractivity contribution in [2.24, 2.45) is 0 Å². The second kappa shape index (κ2) is 5.87. The van der Waals surface area contributed by atoms with E-state index in [1.165, 1.54) is 0 Å². The molecule has 0 unspecified atom stereocenters. The minimum Gasteiger partial charge on any atom is -0.486 e. The van der Waals surface area contributed by atoms with E-state index in [9.17, 15) is 9.90 Å². The second-order valence-corrected chi connectivity index (χ2v) is 6.39. The number of nitrogens with zero attached hydrogens (tertiary/aromatic N) is 1. The van der Waals surface area contributed by atoms with Crippen molar-refractivity contribution >= 4 is 32.8 Å². The van der Waals surface area contributed by atoms with Gasteiger partial charge in [-0.1, -0.05) is 18.2 Å². The summed E-state index contributed by atoms with van der Waals surface area (Å²) >= 11 is 3.60. The summed E-state index contributed by atoms with van der Waals surface area (Å²) in [5.74, 6) is 0.371. The van der Waals surface area contributed by atoms with Gasteiger partial charge in [-0.2, -0.15) is 0 Å². The smallest absolute Gasteiger partial charge is 0.307 e. The third kappa shape index (κ3) is 2.43. The predicted octanol–water partition coefficient (Wildman–Crippen LogP) is 3.79. The van der Waals surface area contributed by atoms with Crippen LogP contribution in [0.5, 0.6) is 11.5 Å². The molecule has 0 saturated heterocycles. The Morgan fingerprint density at radius 2 is 1.96 bits per heavy atom. The normalized spacial score (nSPS) is 13.2. The van der Waals surface area contributed by atoms with Gasteiger partial charge in [0, 0.05) is 22.4 Å². The van der Waals surface area contributed by atoms with E-state index in [-0.39, 0.29) is 6.42 Å².